The average Bonchev–Trinajstić information content (AvgIpc) is 2.99. The molecule has 0 aromatic carbocycles. The average molecular weight is 310 g/mol. The Balaban J connectivity index is 1.81. The van der Waals surface area contributed by atoms with Crippen LogP contribution in [-0.2, 0) is 5.41 Å². The monoisotopic (exact) mass is 310 g/mol. The molecule has 21 heavy (non-hydrogen) atoms. The first-order valence-corrected chi connectivity index (χ1v) is 9.23. The molecule has 3 rings (SSSR count). The summed E-state index contributed by atoms with van der Waals surface area (Å²) in [4.78, 5) is 7.19. The summed E-state index contributed by atoms with van der Waals surface area (Å²) in [5.41, 5.74) is 0.103. The van der Waals surface area contributed by atoms with Crippen LogP contribution in [0.5, 0.6) is 0 Å². The summed E-state index contributed by atoms with van der Waals surface area (Å²) in [5, 5.41) is 7.77. The number of piperidine rings is 1. The highest BCUT2D eigenvalue weighted by Crippen LogP contribution is 2.38. The molecule has 0 spiro atoms. The Labute approximate surface area is 131 Å². The first kappa shape index (κ1) is 15.3. The van der Waals surface area contributed by atoms with Crippen LogP contribution in [0.3, 0.4) is 0 Å². The van der Waals surface area contributed by atoms with Crippen LogP contribution in [0, 0.1) is 0 Å². The summed E-state index contributed by atoms with van der Waals surface area (Å²) in [5.74, 6) is 4.03. The first-order chi connectivity index (χ1) is 10.2. The number of aromatic nitrogens is 2. The molecule has 5 nitrogen and oxygen atoms in total. The van der Waals surface area contributed by atoms with Crippen molar-refractivity contribution in [2.45, 2.75) is 44.1 Å². The largest absolute Gasteiger partial charge is 0.339 e. The summed E-state index contributed by atoms with van der Waals surface area (Å²) < 4.78 is 5.74. The van der Waals surface area contributed by atoms with Crippen LogP contribution in [-0.4, -0.2) is 53.2 Å². The Kier molecular flexibility index (Phi) is 4.86. The highest BCUT2D eigenvalue weighted by molar-refractivity contribution is 7.99. The van der Waals surface area contributed by atoms with E-state index in [1.165, 1.54) is 5.75 Å². The minimum Gasteiger partial charge on any atom is -0.339 e. The molecule has 0 radical (unpaired) electrons. The Bertz CT molecular complexity index is 453. The fraction of sp³-hybridized carbons (Fsp3) is 0.867. The minimum absolute atomic E-state index is 0.103. The van der Waals surface area contributed by atoms with Gasteiger partial charge in [-0.25, -0.2) is 0 Å². The molecule has 0 aliphatic carbocycles. The Morgan fingerprint density at radius 1 is 1.43 bits per heavy atom. The van der Waals surface area contributed by atoms with Gasteiger partial charge in [-0.3, -0.25) is 4.90 Å². The lowest BCUT2D eigenvalue weighted by Gasteiger charge is -2.34. The molecule has 1 N–H and O–H groups in total. The lowest BCUT2D eigenvalue weighted by molar-refractivity contribution is 0.206. The van der Waals surface area contributed by atoms with Crippen molar-refractivity contribution in [1.82, 2.24) is 20.4 Å². The molecule has 1 aromatic heterocycles. The van der Waals surface area contributed by atoms with Crippen molar-refractivity contribution in [3.8, 4) is 0 Å². The van der Waals surface area contributed by atoms with E-state index in [9.17, 15) is 0 Å². The summed E-state index contributed by atoms with van der Waals surface area (Å²) in [6, 6.07) is 0.307. The van der Waals surface area contributed by atoms with Gasteiger partial charge in [0.1, 0.15) is 0 Å². The second-order valence-corrected chi connectivity index (χ2v) is 7.46. The van der Waals surface area contributed by atoms with E-state index in [0.29, 0.717) is 6.04 Å². The third-order valence-electron chi connectivity index (χ3n) is 4.88. The van der Waals surface area contributed by atoms with E-state index >= 15 is 0 Å². The number of thioether (sulfide) groups is 1. The van der Waals surface area contributed by atoms with Crippen LogP contribution in [0.1, 0.15) is 50.4 Å². The summed E-state index contributed by atoms with van der Waals surface area (Å²) >= 11 is 1.98. The lowest BCUT2D eigenvalue weighted by atomic mass is 9.75. The molecule has 6 heteroatoms. The van der Waals surface area contributed by atoms with E-state index < -0.39 is 0 Å². The summed E-state index contributed by atoms with van der Waals surface area (Å²) in [7, 11) is 2.16. The molecule has 2 aliphatic heterocycles. The van der Waals surface area contributed by atoms with Gasteiger partial charge >= 0.3 is 0 Å². The molecule has 1 unspecified atom stereocenters. The van der Waals surface area contributed by atoms with Crippen LogP contribution < -0.4 is 5.32 Å². The molecule has 0 amide bonds. The van der Waals surface area contributed by atoms with E-state index in [1.54, 1.807) is 0 Å². The molecule has 2 aliphatic rings. The number of nitrogens with zero attached hydrogens (tertiary/aromatic N) is 3. The van der Waals surface area contributed by atoms with Crippen molar-refractivity contribution < 1.29 is 4.52 Å². The van der Waals surface area contributed by atoms with Crippen LogP contribution in [0.2, 0.25) is 0 Å². The van der Waals surface area contributed by atoms with Gasteiger partial charge in [0.25, 0.3) is 0 Å². The van der Waals surface area contributed by atoms with Crippen molar-refractivity contribution in [2.75, 3.05) is 38.2 Å². The van der Waals surface area contributed by atoms with Gasteiger partial charge in [0.15, 0.2) is 5.82 Å². The standard InChI is InChI=1S/C15H26N4OS/c1-3-4-15(5-7-16-8-6-15)14-17-13(18-20-14)12-11-21-10-9-19(12)2/h12,16H,3-11H2,1-2H3. The summed E-state index contributed by atoms with van der Waals surface area (Å²) in [6.07, 6.45) is 4.53. The molecule has 3 heterocycles. The maximum Gasteiger partial charge on any atom is 0.233 e. The van der Waals surface area contributed by atoms with Gasteiger partial charge in [-0.2, -0.15) is 16.7 Å². The van der Waals surface area contributed by atoms with E-state index in [-0.39, 0.29) is 5.41 Å². The van der Waals surface area contributed by atoms with Gasteiger partial charge < -0.3 is 9.84 Å². The molecular weight excluding hydrogens is 284 g/mol. The quantitative estimate of drug-likeness (QED) is 0.920. The molecule has 1 atom stereocenters. The SMILES string of the molecule is CCCC1(c2nc(C3CSCCN3C)no2)CCNCC1. The zero-order valence-electron chi connectivity index (χ0n) is 13.1. The van der Waals surface area contributed by atoms with Crippen molar-refractivity contribution >= 4 is 11.8 Å². The van der Waals surface area contributed by atoms with Crippen molar-refractivity contribution in [2.24, 2.45) is 0 Å². The van der Waals surface area contributed by atoms with Crippen LogP contribution in [0.4, 0.5) is 0 Å². The molecule has 2 fully saturated rings. The van der Waals surface area contributed by atoms with E-state index in [0.717, 1.165) is 62.8 Å². The fourth-order valence-corrected chi connectivity index (χ4v) is 4.71. The van der Waals surface area contributed by atoms with Crippen LogP contribution in [0.15, 0.2) is 4.52 Å². The second kappa shape index (κ2) is 6.67. The van der Waals surface area contributed by atoms with E-state index in [4.69, 9.17) is 9.51 Å². The second-order valence-electron chi connectivity index (χ2n) is 6.31. The van der Waals surface area contributed by atoms with Crippen LogP contribution >= 0.6 is 11.8 Å². The highest BCUT2D eigenvalue weighted by atomic mass is 32.2. The zero-order valence-corrected chi connectivity index (χ0v) is 13.9. The minimum atomic E-state index is 0.103. The lowest BCUT2D eigenvalue weighted by Crippen LogP contribution is -2.40. The molecular formula is C15H26N4OS. The van der Waals surface area contributed by atoms with Gasteiger partial charge in [0.2, 0.25) is 5.89 Å². The Morgan fingerprint density at radius 2 is 2.24 bits per heavy atom. The Hall–Kier alpha value is -0.590. The van der Waals surface area contributed by atoms with Crippen LogP contribution in [0.25, 0.3) is 0 Å². The van der Waals surface area contributed by atoms with Gasteiger partial charge in [0.05, 0.1) is 11.5 Å². The normalized spacial score (nSPS) is 26.9. The predicted octanol–water partition coefficient (Wildman–Crippen LogP) is 2.21. The van der Waals surface area contributed by atoms with Crippen molar-refractivity contribution in [1.29, 1.82) is 0 Å². The predicted molar refractivity (Wildman–Crippen MR) is 85.7 cm³/mol. The number of hydrogen-bond donors (Lipinski definition) is 1. The fourth-order valence-electron chi connectivity index (χ4n) is 3.50. The van der Waals surface area contributed by atoms with Gasteiger partial charge in [-0.05, 0) is 39.4 Å². The van der Waals surface area contributed by atoms with Gasteiger partial charge in [-0.1, -0.05) is 18.5 Å². The number of hydrogen-bond acceptors (Lipinski definition) is 6. The number of rotatable bonds is 4. The first-order valence-electron chi connectivity index (χ1n) is 8.08. The third kappa shape index (κ3) is 3.12. The highest BCUT2D eigenvalue weighted by Gasteiger charge is 2.39. The zero-order chi connectivity index (χ0) is 14.7. The Morgan fingerprint density at radius 3 is 2.95 bits per heavy atom. The number of nitrogens with one attached hydrogen (secondary N) is 1. The van der Waals surface area contributed by atoms with Crippen molar-refractivity contribution in [3.05, 3.63) is 11.7 Å². The topological polar surface area (TPSA) is 54.2 Å². The van der Waals surface area contributed by atoms with E-state index in [2.05, 4.69) is 29.3 Å². The van der Waals surface area contributed by atoms with Gasteiger partial charge in [-0.15, -0.1) is 0 Å². The summed E-state index contributed by atoms with van der Waals surface area (Å²) in [6.45, 7) is 5.45. The van der Waals surface area contributed by atoms with Gasteiger partial charge in [0, 0.05) is 18.1 Å². The maximum atomic E-state index is 5.74. The van der Waals surface area contributed by atoms with E-state index in [1.807, 2.05) is 11.8 Å². The van der Waals surface area contributed by atoms with Crippen molar-refractivity contribution in [3.63, 3.8) is 0 Å². The third-order valence-corrected chi connectivity index (χ3v) is 5.90. The molecule has 0 bridgehead atoms. The molecule has 2 saturated heterocycles. The molecule has 118 valence electrons. The molecule has 0 saturated carbocycles. The smallest absolute Gasteiger partial charge is 0.233 e. The maximum absolute atomic E-state index is 5.74. The molecule has 1 aromatic rings.